The Bertz CT molecular complexity index is 1110. The number of benzene rings is 3. The maximum Gasteiger partial charge on any atom is 0.322 e. The highest BCUT2D eigenvalue weighted by atomic mass is 32.2. The van der Waals surface area contributed by atoms with Gasteiger partial charge in [-0.1, -0.05) is 71.8 Å². The van der Waals surface area contributed by atoms with E-state index in [0.29, 0.717) is 12.3 Å². The Balaban J connectivity index is 1.33. The first-order chi connectivity index (χ1) is 14.7. The molecule has 6 heteroatoms. The third-order valence-corrected chi connectivity index (χ3v) is 5.40. The van der Waals surface area contributed by atoms with E-state index >= 15 is 0 Å². The van der Waals surface area contributed by atoms with E-state index in [2.05, 4.69) is 39.8 Å². The first-order valence-electron chi connectivity index (χ1n) is 9.59. The fraction of sp³-hybridized carbons (Fsp3) is 0.125. The van der Waals surface area contributed by atoms with Crippen molar-refractivity contribution in [3.8, 4) is 11.1 Å². The van der Waals surface area contributed by atoms with Crippen LogP contribution in [0.1, 0.15) is 17.0 Å². The summed E-state index contributed by atoms with van der Waals surface area (Å²) in [5, 5.41) is 10.6. The van der Waals surface area contributed by atoms with Gasteiger partial charge in [-0.05, 0) is 40.6 Å². The van der Waals surface area contributed by atoms with Gasteiger partial charge in [0.05, 0.1) is 12.8 Å². The van der Waals surface area contributed by atoms with Gasteiger partial charge in [0.1, 0.15) is 0 Å². The Kier molecular flexibility index (Phi) is 6.25. The van der Waals surface area contributed by atoms with Gasteiger partial charge in [-0.3, -0.25) is 10.1 Å². The molecule has 1 heterocycles. The molecule has 0 saturated carbocycles. The summed E-state index contributed by atoms with van der Waals surface area (Å²) in [5.74, 6) is 0.274. The third kappa shape index (κ3) is 5.15. The van der Waals surface area contributed by atoms with Crippen LogP contribution >= 0.6 is 11.8 Å². The number of thioether (sulfide) groups is 1. The van der Waals surface area contributed by atoms with Crippen molar-refractivity contribution in [1.82, 2.24) is 10.2 Å². The molecule has 0 saturated heterocycles. The zero-order chi connectivity index (χ0) is 20.8. The number of nitrogens with zero attached hydrogens (tertiary/aromatic N) is 2. The molecule has 1 N–H and O–H groups in total. The fourth-order valence-corrected chi connectivity index (χ4v) is 3.50. The first kappa shape index (κ1) is 19.9. The van der Waals surface area contributed by atoms with Crippen molar-refractivity contribution >= 4 is 23.7 Å². The summed E-state index contributed by atoms with van der Waals surface area (Å²) < 4.78 is 5.57. The second kappa shape index (κ2) is 9.41. The van der Waals surface area contributed by atoms with Crippen LogP contribution in [0.3, 0.4) is 0 Å². The molecule has 4 rings (SSSR count). The average Bonchev–Trinajstić information content (AvgIpc) is 3.22. The molecule has 3 aromatic carbocycles. The smallest absolute Gasteiger partial charge is 0.322 e. The topological polar surface area (TPSA) is 68.0 Å². The summed E-state index contributed by atoms with van der Waals surface area (Å²) in [5.41, 5.74) is 4.26. The third-order valence-electron chi connectivity index (χ3n) is 4.65. The van der Waals surface area contributed by atoms with Crippen LogP contribution in [0.25, 0.3) is 11.1 Å². The molecule has 0 spiro atoms. The fourth-order valence-electron chi connectivity index (χ4n) is 3.09. The largest absolute Gasteiger partial charge is 0.407 e. The van der Waals surface area contributed by atoms with Gasteiger partial charge < -0.3 is 4.42 Å². The van der Waals surface area contributed by atoms with Crippen LogP contribution in [0, 0.1) is 0 Å². The maximum atomic E-state index is 12.3. The summed E-state index contributed by atoms with van der Waals surface area (Å²) in [7, 11) is 0. The molecular formula is C24H21N3O2S. The predicted octanol–water partition coefficient (Wildman–Crippen LogP) is 5.23. The van der Waals surface area contributed by atoms with Crippen molar-refractivity contribution in [2.45, 2.75) is 17.7 Å². The number of amides is 1. The van der Waals surface area contributed by atoms with Crippen LogP contribution < -0.4 is 5.32 Å². The molecule has 0 aliphatic carbocycles. The van der Waals surface area contributed by atoms with Crippen LogP contribution in [0.15, 0.2) is 88.2 Å². The predicted molar refractivity (Wildman–Crippen MR) is 120 cm³/mol. The molecule has 150 valence electrons. The van der Waals surface area contributed by atoms with E-state index in [0.717, 1.165) is 22.3 Å². The first-order valence-corrected chi connectivity index (χ1v) is 10.8. The second-order valence-corrected chi connectivity index (χ2v) is 7.69. The van der Waals surface area contributed by atoms with Crippen molar-refractivity contribution in [3.05, 3.63) is 95.9 Å². The monoisotopic (exact) mass is 415 g/mol. The molecule has 0 fully saturated rings. The average molecular weight is 416 g/mol. The quantitative estimate of drug-likeness (QED) is 0.419. The zero-order valence-electron chi connectivity index (χ0n) is 16.5. The summed E-state index contributed by atoms with van der Waals surface area (Å²) >= 11 is 1.70. The van der Waals surface area contributed by atoms with Gasteiger partial charge in [0.2, 0.25) is 11.8 Å². The Morgan fingerprint density at radius 3 is 2.23 bits per heavy atom. The maximum absolute atomic E-state index is 12.3. The Morgan fingerprint density at radius 2 is 1.53 bits per heavy atom. The standard InChI is InChI=1S/C24H21N3O2S/c1-30-21-13-9-18(10-14-21)16-23-26-27-24(29-23)25-22(28)15-17-7-11-20(12-8-17)19-5-3-2-4-6-19/h2-14H,15-16H2,1H3,(H,25,27,28). The normalized spacial score (nSPS) is 10.7. The van der Waals surface area contributed by atoms with Crippen molar-refractivity contribution in [1.29, 1.82) is 0 Å². The Hall–Kier alpha value is -3.38. The van der Waals surface area contributed by atoms with E-state index in [1.807, 2.05) is 60.9 Å². The van der Waals surface area contributed by atoms with Gasteiger partial charge in [-0.15, -0.1) is 16.9 Å². The van der Waals surface area contributed by atoms with E-state index in [-0.39, 0.29) is 18.3 Å². The van der Waals surface area contributed by atoms with E-state index in [9.17, 15) is 4.79 Å². The molecule has 0 aliphatic heterocycles. The summed E-state index contributed by atoms with van der Waals surface area (Å²) in [6.45, 7) is 0. The van der Waals surface area contributed by atoms with Crippen molar-refractivity contribution in [2.75, 3.05) is 11.6 Å². The van der Waals surface area contributed by atoms with Crippen LogP contribution in [0.5, 0.6) is 0 Å². The van der Waals surface area contributed by atoms with Gasteiger partial charge >= 0.3 is 6.01 Å². The highest BCUT2D eigenvalue weighted by molar-refractivity contribution is 7.98. The molecule has 4 aromatic rings. The van der Waals surface area contributed by atoms with E-state index in [4.69, 9.17) is 4.42 Å². The zero-order valence-corrected chi connectivity index (χ0v) is 17.4. The van der Waals surface area contributed by atoms with Gasteiger partial charge in [-0.25, -0.2) is 0 Å². The number of hydrogen-bond acceptors (Lipinski definition) is 5. The molecule has 1 aromatic heterocycles. The number of aromatic nitrogens is 2. The minimum absolute atomic E-state index is 0.122. The summed E-state index contributed by atoms with van der Waals surface area (Å²) in [4.78, 5) is 13.5. The summed E-state index contributed by atoms with van der Waals surface area (Å²) in [6.07, 6.45) is 2.81. The number of anilines is 1. The molecule has 0 aliphatic rings. The number of hydrogen-bond donors (Lipinski definition) is 1. The molecule has 0 radical (unpaired) electrons. The van der Waals surface area contributed by atoms with Crippen molar-refractivity contribution < 1.29 is 9.21 Å². The van der Waals surface area contributed by atoms with E-state index < -0.39 is 0 Å². The Morgan fingerprint density at radius 1 is 0.867 bits per heavy atom. The van der Waals surface area contributed by atoms with Gasteiger partial charge in [0.25, 0.3) is 0 Å². The Labute approximate surface area is 179 Å². The van der Waals surface area contributed by atoms with Crippen LogP contribution in [0.4, 0.5) is 6.01 Å². The number of carbonyl (C=O) groups excluding carboxylic acids is 1. The number of rotatable bonds is 7. The molecule has 30 heavy (non-hydrogen) atoms. The molecular weight excluding hydrogens is 394 g/mol. The van der Waals surface area contributed by atoms with Crippen LogP contribution in [0.2, 0.25) is 0 Å². The number of carbonyl (C=O) groups is 1. The lowest BCUT2D eigenvalue weighted by Crippen LogP contribution is -2.14. The molecule has 0 bridgehead atoms. The molecule has 1 amide bonds. The molecule has 0 atom stereocenters. The van der Waals surface area contributed by atoms with Crippen LogP contribution in [-0.2, 0) is 17.6 Å². The molecule has 0 unspecified atom stereocenters. The van der Waals surface area contributed by atoms with Crippen molar-refractivity contribution in [3.63, 3.8) is 0 Å². The minimum Gasteiger partial charge on any atom is -0.407 e. The lowest BCUT2D eigenvalue weighted by Gasteiger charge is -2.04. The lowest BCUT2D eigenvalue weighted by atomic mass is 10.0. The highest BCUT2D eigenvalue weighted by Gasteiger charge is 2.11. The van der Waals surface area contributed by atoms with E-state index in [1.165, 1.54) is 4.90 Å². The summed E-state index contributed by atoms with van der Waals surface area (Å²) in [6, 6.07) is 26.4. The molecule has 5 nitrogen and oxygen atoms in total. The van der Waals surface area contributed by atoms with Gasteiger partial charge in [-0.2, -0.15) is 0 Å². The van der Waals surface area contributed by atoms with Crippen molar-refractivity contribution in [2.24, 2.45) is 0 Å². The second-order valence-electron chi connectivity index (χ2n) is 6.81. The number of nitrogens with one attached hydrogen (secondary N) is 1. The van der Waals surface area contributed by atoms with E-state index in [1.54, 1.807) is 11.8 Å². The SMILES string of the molecule is CSc1ccc(Cc2nnc(NC(=O)Cc3ccc(-c4ccccc4)cc3)o2)cc1. The van der Waals surface area contributed by atoms with Gasteiger partial charge in [0.15, 0.2) is 0 Å². The minimum atomic E-state index is -0.193. The van der Waals surface area contributed by atoms with Crippen LogP contribution in [-0.4, -0.2) is 22.4 Å². The van der Waals surface area contributed by atoms with Gasteiger partial charge in [0, 0.05) is 4.90 Å². The lowest BCUT2D eigenvalue weighted by molar-refractivity contribution is -0.115. The highest BCUT2D eigenvalue weighted by Crippen LogP contribution is 2.20.